The van der Waals surface area contributed by atoms with Gasteiger partial charge in [-0.1, -0.05) is 26.7 Å². The van der Waals surface area contributed by atoms with Crippen LogP contribution in [0.5, 0.6) is 0 Å². The first kappa shape index (κ1) is 14.5. The first-order valence-electron chi connectivity index (χ1n) is 6.64. The van der Waals surface area contributed by atoms with E-state index in [4.69, 9.17) is 0 Å². The minimum absolute atomic E-state index is 0.0194. The summed E-state index contributed by atoms with van der Waals surface area (Å²) in [6.45, 7) is 6.62. The van der Waals surface area contributed by atoms with Crippen LogP contribution in [0.25, 0.3) is 0 Å². The Morgan fingerprint density at radius 2 is 1.88 bits per heavy atom. The number of hydrogen-bond acceptors (Lipinski definition) is 3. The first-order chi connectivity index (χ1) is 7.99. The fourth-order valence-electron chi connectivity index (χ4n) is 2.18. The van der Waals surface area contributed by atoms with Gasteiger partial charge in [0.15, 0.2) is 0 Å². The zero-order chi connectivity index (χ0) is 12.9. The van der Waals surface area contributed by atoms with Crippen molar-refractivity contribution >= 4 is 5.91 Å². The average molecular weight is 242 g/mol. The molecule has 4 heteroatoms. The Bertz CT molecular complexity index is 248. The molecule has 0 heterocycles. The molecule has 17 heavy (non-hydrogen) atoms. The van der Waals surface area contributed by atoms with E-state index in [1.807, 2.05) is 6.92 Å². The molecule has 1 aliphatic carbocycles. The Morgan fingerprint density at radius 3 is 2.35 bits per heavy atom. The number of carbonyl (C=O) groups excluding carboxylic acids is 1. The number of nitrogens with one attached hydrogen (secondary N) is 2. The van der Waals surface area contributed by atoms with Crippen LogP contribution in [0.3, 0.4) is 0 Å². The third-order valence-electron chi connectivity index (χ3n) is 3.88. The molecule has 1 amide bonds. The summed E-state index contributed by atoms with van der Waals surface area (Å²) in [7, 11) is 0. The second-order valence-electron chi connectivity index (χ2n) is 5.60. The Hall–Kier alpha value is -0.610. The lowest BCUT2D eigenvalue weighted by Crippen LogP contribution is -2.51. The molecule has 3 N–H and O–H groups in total. The van der Waals surface area contributed by atoms with Crippen LogP contribution in [0.2, 0.25) is 0 Å². The smallest absolute Gasteiger partial charge is 0.234 e. The molecule has 0 spiro atoms. The van der Waals surface area contributed by atoms with Gasteiger partial charge < -0.3 is 15.7 Å². The zero-order valence-electron chi connectivity index (χ0n) is 11.3. The summed E-state index contributed by atoms with van der Waals surface area (Å²) in [4.78, 5) is 11.7. The average Bonchev–Trinajstić information content (AvgIpc) is 2.75. The predicted molar refractivity (Wildman–Crippen MR) is 68.7 cm³/mol. The SMILES string of the molecule is CC(C)C(C)NC(=O)CNC1(CO)CCCC1. The van der Waals surface area contributed by atoms with Crippen molar-refractivity contribution in [1.29, 1.82) is 0 Å². The molecule has 1 atom stereocenters. The van der Waals surface area contributed by atoms with Crippen molar-refractivity contribution in [2.75, 3.05) is 13.2 Å². The topological polar surface area (TPSA) is 61.4 Å². The molecule has 1 fully saturated rings. The van der Waals surface area contributed by atoms with Crippen molar-refractivity contribution in [3.63, 3.8) is 0 Å². The van der Waals surface area contributed by atoms with Crippen LogP contribution in [0.1, 0.15) is 46.5 Å². The maximum absolute atomic E-state index is 11.7. The molecule has 0 aromatic rings. The van der Waals surface area contributed by atoms with Crippen LogP contribution >= 0.6 is 0 Å². The highest BCUT2D eigenvalue weighted by Crippen LogP contribution is 2.28. The Kier molecular flexibility index (Phi) is 5.40. The van der Waals surface area contributed by atoms with Gasteiger partial charge in [-0.05, 0) is 25.7 Å². The maximum atomic E-state index is 11.7. The van der Waals surface area contributed by atoms with Gasteiger partial charge in [-0.25, -0.2) is 0 Å². The summed E-state index contributed by atoms with van der Waals surface area (Å²) in [5, 5.41) is 15.6. The van der Waals surface area contributed by atoms with Gasteiger partial charge >= 0.3 is 0 Å². The van der Waals surface area contributed by atoms with Gasteiger partial charge in [0.2, 0.25) is 5.91 Å². The van der Waals surface area contributed by atoms with Crippen molar-refractivity contribution in [2.45, 2.75) is 58.0 Å². The van der Waals surface area contributed by atoms with Crippen LogP contribution in [0, 0.1) is 5.92 Å². The number of amides is 1. The van der Waals surface area contributed by atoms with E-state index in [2.05, 4.69) is 24.5 Å². The molecule has 0 aromatic carbocycles. The van der Waals surface area contributed by atoms with Crippen LogP contribution in [0.4, 0.5) is 0 Å². The molecule has 100 valence electrons. The quantitative estimate of drug-likeness (QED) is 0.652. The Labute approximate surface area is 104 Å². The van der Waals surface area contributed by atoms with Gasteiger partial charge in [0.25, 0.3) is 0 Å². The number of rotatable bonds is 6. The van der Waals surface area contributed by atoms with E-state index >= 15 is 0 Å². The van der Waals surface area contributed by atoms with Crippen molar-refractivity contribution in [3.05, 3.63) is 0 Å². The minimum atomic E-state index is -0.210. The van der Waals surface area contributed by atoms with Crippen LogP contribution < -0.4 is 10.6 Å². The van der Waals surface area contributed by atoms with Crippen molar-refractivity contribution < 1.29 is 9.90 Å². The van der Waals surface area contributed by atoms with E-state index in [-0.39, 0.29) is 24.1 Å². The summed E-state index contributed by atoms with van der Waals surface area (Å²) in [6, 6.07) is 0.193. The lowest BCUT2D eigenvalue weighted by molar-refractivity contribution is -0.121. The molecule has 0 saturated heterocycles. The van der Waals surface area contributed by atoms with Crippen molar-refractivity contribution in [3.8, 4) is 0 Å². The molecule has 0 aromatic heterocycles. The van der Waals surface area contributed by atoms with Gasteiger partial charge in [-0.3, -0.25) is 4.79 Å². The normalized spacial score (nSPS) is 20.5. The van der Waals surface area contributed by atoms with E-state index < -0.39 is 0 Å². The highest BCUT2D eigenvalue weighted by atomic mass is 16.3. The highest BCUT2D eigenvalue weighted by Gasteiger charge is 2.32. The van der Waals surface area contributed by atoms with E-state index in [1.165, 1.54) is 0 Å². The van der Waals surface area contributed by atoms with Crippen LogP contribution in [-0.4, -0.2) is 35.7 Å². The Balaban J connectivity index is 2.32. The van der Waals surface area contributed by atoms with Crippen molar-refractivity contribution in [1.82, 2.24) is 10.6 Å². The van der Waals surface area contributed by atoms with Crippen LogP contribution in [-0.2, 0) is 4.79 Å². The van der Waals surface area contributed by atoms with Crippen molar-refractivity contribution in [2.24, 2.45) is 5.92 Å². The van der Waals surface area contributed by atoms with Gasteiger partial charge in [-0.2, -0.15) is 0 Å². The summed E-state index contributed by atoms with van der Waals surface area (Å²) in [6.07, 6.45) is 4.21. The molecular formula is C13H26N2O2. The number of aliphatic hydroxyl groups is 1. The second-order valence-corrected chi connectivity index (χ2v) is 5.60. The minimum Gasteiger partial charge on any atom is -0.394 e. The molecule has 1 aliphatic rings. The summed E-state index contributed by atoms with van der Waals surface area (Å²) >= 11 is 0. The molecular weight excluding hydrogens is 216 g/mol. The lowest BCUT2D eigenvalue weighted by Gasteiger charge is -2.28. The van der Waals surface area contributed by atoms with E-state index in [0.29, 0.717) is 12.5 Å². The standard InChI is InChI=1S/C13H26N2O2/c1-10(2)11(3)15-12(17)8-14-13(9-16)6-4-5-7-13/h10-11,14,16H,4-9H2,1-3H3,(H,15,17). The number of aliphatic hydroxyl groups excluding tert-OH is 1. The molecule has 4 nitrogen and oxygen atoms in total. The van der Waals surface area contributed by atoms with Gasteiger partial charge in [0.1, 0.15) is 0 Å². The third-order valence-corrected chi connectivity index (χ3v) is 3.88. The molecule has 0 radical (unpaired) electrons. The fraction of sp³-hybridized carbons (Fsp3) is 0.923. The number of carbonyl (C=O) groups is 1. The molecule has 0 aliphatic heterocycles. The third kappa shape index (κ3) is 4.28. The maximum Gasteiger partial charge on any atom is 0.234 e. The second kappa shape index (κ2) is 6.36. The van der Waals surface area contributed by atoms with Gasteiger partial charge in [0, 0.05) is 11.6 Å². The van der Waals surface area contributed by atoms with E-state index in [1.54, 1.807) is 0 Å². The van der Waals surface area contributed by atoms with E-state index in [0.717, 1.165) is 25.7 Å². The highest BCUT2D eigenvalue weighted by molar-refractivity contribution is 5.78. The van der Waals surface area contributed by atoms with Gasteiger partial charge in [-0.15, -0.1) is 0 Å². The van der Waals surface area contributed by atoms with E-state index in [9.17, 15) is 9.90 Å². The van der Waals surface area contributed by atoms with Gasteiger partial charge in [0.05, 0.1) is 13.2 Å². The largest absolute Gasteiger partial charge is 0.394 e. The summed E-state index contributed by atoms with van der Waals surface area (Å²) < 4.78 is 0. The molecule has 1 saturated carbocycles. The summed E-state index contributed by atoms with van der Waals surface area (Å²) in [5.74, 6) is 0.461. The van der Waals surface area contributed by atoms with Crippen LogP contribution in [0.15, 0.2) is 0 Å². The molecule has 0 bridgehead atoms. The molecule has 1 unspecified atom stereocenters. The number of hydrogen-bond donors (Lipinski definition) is 3. The first-order valence-corrected chi connectivity index (χ1v) is 6.64. The zero-order valence-corrected chi connectivity index (χ0v) is 11.3. The Morgan fingerprint density at radius 1 is 1.29 bits per heavy atom. The monoisotopic (exact) mass is 242 g/mol. The fourth-order valence-corrected chi connectivity index (χ4v) is 2.18. The molecule has 1 rings (SSSR count). The lowest BCUT2D eigenvalue weighted by atomic mass is 9.99. The predicted octanol–water partition coefficient (Wildman–Crippen LogP) is 1.04. The summed E-state index contributed by atoms with van der Waals surface area (Å²) in [5.41, 5.74) is -0.210.